The van der Waals surface area contributed by atoms with Gasteiger partial charge in [-0.2, -0.15) is 0 Å². The molecule has 1 aliphatic carbocycles. The van der Waals surface area contributed by atoms with Crippen molar-refractivity contribution in [1.29, 1.82) is 0 Å². The van der Waals surface area contributed by atoms with Gasteiger partial charge in [-0.1, -0.05) is 30.3 Å². The Morgan fingerprint density at radius 2 is 1.85 bits per heavy atom. The van der Waals surface area contributed by atoms with Gasteiger partial charge in [-0.25, -0.2) is 4.98 Å². The van der Waals surface area contributed by atoms with E-state index in [1.54, 1.807) is 0 Å². The van der Waals surface area contributed by atoms with Gasteiger partial charge in [0.1, 0.15) is 11.8 Å². The number of aliphatic hydroxyl groups is 1. The molecule has 2 N–H and O–H groups in total. The summed E-state index contributed by atoms with van der Waals surface area (Å²) in [5, 5.41) is 13.2. The summed E-state index contributed by atoms with van der Waals surface area (Å²) in [6, 6.07) is 16.3. The van der Waals surface area contributed by atoms with E-state index in [0.29, 0.717) is 17.0 Å². The molecule has 0 bridgehead atoms. The van der Waals surface area contributed by atoms with Crippen LogP contribution < -0.4 is 4.90 Å². The first-order chi connectivity index (χ1) is 16.1. The molecule has 1 aliphatic heterocycles. The average molecular weight is 456 g/mol. The summed E-state index contributed by atoms with van der Waals surface area (Å²) < 4.78 is 0. The largest absolute Gasteiger partial charge is 0.507 e. The van der Waals surface area contributed by atoms with Crippen LogP contribution in [0.15, 0.2) is 65.6 Å². The number of H-pyrrole nitrogens is 1. The van der Waals surface area contributed by atoms with Crippen LogP contribution in [0.25, 0.3) is 16.8 Å². The lowest BCUT2D eigenvalue weighted by molar-refractivity contribution is -0.132. The number of ketones is 1. The molecule has 33 heavy (non-hydrogen) atoms. The van der Waals surface area contributed by atoms with Crippen molar-refractivity contribution >= 4 is 45.8 Å². The first kappa shape index (κ1) is 19.9. The monoisotopic (exact) mass is 455 g/mol. The van der Waals surface area contributed by atoms with Gasteiger partial charge in [0, 0.05) is 10.4 Å². The van der Waals surface area contributed by atoms with Gasteiger partial charge in [0.25, 0.3) is 5.78 Å². The summed E-state index contributed by atoms with van der Waals surface area (Å²) in [6.45, 7) is 0. The SMILES string of the molecule is O=C1C(=O)N(c2nc3ccccc3[nH]2)C(c2cccs2)/C1=C(\O)c1ccc2c(c1)CCCC2. The van der Waals surface area contributed by atoms with Gasteiger partial charge in [-0.3, -0.25) is 14.5 Å². The molecule has 1 amide bonds. The van der Waals surface area contributed by atoms with Crippen LogP contribution in [0.1, 0.15) is 40.5 Å². The van der Waals surface area contributed by atoms with E-state index in [4.69, 9.17) is 0 Å². The summed E-state index contributed by atoms with van der Waals surface area (Å²) in [5.41, 5.74) is 4.63. The second-order valence-corrected chi connectivity index (χ2v) is 9.43. The minimum atomic E-state index is -0.749. The van der Waals surface area contributed by atoms with E-state index in [1.807, 2.05) is 60.0 Å². The van der Waals surface area contributed by atoms with Crippen molar-refractivity contribution in [2.24, 2.45) is 0 Å². The highest BCUT2D eigenvalue weighted by molar-refractivity contribution is 7.10. The quantitative estimate of drug-likeness (QED) is 0.255. The number of imidazole rings is 1. The molecular weight excluding hydrogens is 434 g/mol. The second kappa shape index (κ2) is 7.71. The van der Waals surface area contributed by atoms with Crippen LogP contribution in [0.4, 0.5) is 5.95 Å². The highest BCUT2D eigenvalue weighted by atomic mass is 32.1. The van der Waals surface area contributed by atoms with Gasteiger partial charge in [-0.15, -0.1) is 11.3 Å². The van der Waals surface area contributed by atoms with Gasteiger partial charge in [0.2, 0.25) is 5.95 Å². The number of aromatic nitrogens is 2. The Balaban J connectivity index is 1.52. The van der Waals surface area contributed by atoms with Gasteiger partial charge >= 0.3 is 5.91 Å². The maximum absolute atomic E-state index is 13.3. The van der Waals surface area contributed by atoms with Crippen molar-refractivity contribution in [3.63, 3.8) is 0 Å². The minimum absolute atomic E-state index is 0.0960. The Morgan fingerprint density at radius 3 is 2.64 bits per heavy atom. The molecule has 6 rings (SSSR count). The normalized spacial score (nSPS) is 19.9. The zero-order chi connectivity index (χ0) is 22.5. The van der Waals surface area contributed by atoms with Crippen molar-refractivity contribution in [2.45, 2.75) is 31.7 Å². The molecule has 2 aliphatic rings. The molecule has 7 heteroatoms. The Morgan fingerprint density at radius 1 is 1.03 bits per heavy atom. The first-order valence-electron chi connectivity index (χ1n) is 11.0. The molecule has 0 spiro atoms. The number of para-hydroxylation sites is 2. The summed E-state index contributed by atoms with van der Waals surface area (Å²) in [7, 11) is 0. The predicted octanol–water partition coefficient (Wildman–Crippen LogP) is 5.13. The molecule has 4 aromatic rings. The van der Waals surface area contributed by atoms with Gasteiger partial charge in [0.05, 0.1) is 16.6 Å². The number of nitrogens with zero attached hydrogens (tertiary/aromatic N) is 2. The third kappa shape index (κ3) is 3.19. The number of carbonyl (C=O) groups excluding carboxylic acids is 2. The number of nitrogens with one attached hydrogen (secondary N) is 1. The van der Waals surface area contributed by atoms with Crippen molar-refractivity contribution in [2.75, 3.05) is 4.90 Å². The maximum atomic E-state index is 13.3. The number of aromatic amines is 1. The number of carbonyl (C=O) groups is 2. The smallest absolute Gasteiger partial charge is 0.302 e. The molecule has 1 saturated heterocycles. The molecule has 3 heterocycles. The molecule has 2 aromatic heterocycles. The lowest BCUT2D eigenvalue weighted by Crippen LogP contribution is -2.30. The van der Waals surface area contributed by atoms with Crippen LogP contribution in [0.3, 0.4) is 0 Å². The van der Waals surface area contributed by atoms with Crippen LogP contribution in [0.5, 0.6) is 0 Å². The second-order valence-electron chi connectivity index (χ2n) is 8.45. The Hall–Kier alpha value is -3.71. The lowest BCUT2D eigenvalue weighted by Gasteiger charge is -2.22. The first-order valence-corrected chi connectivity index (χ1v) is 11.9. The molecule has 1 atom stereocenters. The number of amides is 1. The molecule has 0 radical (unpaired) electrons. The summed E-state index contributed by atoms with van der Waals surface area (Å²) in [6.07, 6.45) is 4.27. The fourth-order valence-electron chi connectivity index (χ4n) is 4.86. The number of thiophene rings is 1. The fourth-order valence-corrected chi connectivity index (χ4v) is 5.68. The number of fused-ring (bicyclic) bond motifs is 2. The number of aliphatic hydroxyl groups excluding tert-OH is 1. The van der Waals surface area contributed by atoms with E-state index in [9.17, 15) is 14.7 Å². The number of anilines is 1. The van der Waals surface area contributed by atoms with Crippen LogP contribution in [0.2, 0.25) is 0 Å². The number of benzene rings is 2. The standard InChI is InChI=1S/C26H21N3O3S/c30-23(17-12-11-15-6-1-2-7-16(15)14-17)21-22(20-10-5-13-33-20)29(25(32)24(21)31)26-27-18-8-3-4-9-19(18)28-26/h3-5,8-14,22,30H,1-2,6-7H2,(H,27,28)/b23-21+. The Kier molecular flexibility index (Phi) is 4.66. The van der Waals surface area contributed by atoms with Crippen molar-refractivity contribution in [1.82, 2.24) is 9.97 Å². The molecular formula is C26H21N3O3S. The average Bonchev–Trinajstić information content (AvgIpc) is 3.57. The number of aryl methyl sites for hydroxylation is 2. The van der Waals surface area contributed by atoms with E-state index < -0.39 is 17.7 Å². The number of hydrogen-bond acceptors (Lipinski definition) is 5. The zero-order valence-electron chi connectivity index (χ0n) is 17.7. The lowest BCUT2D eigenvalue weighted by atomic mass is 9.89. The van der Waals surface area contributed by atoms with Crippen LogP contribution in [0, 0.1) is 0 Å². The van der Waals surface area contributed by atoms with Gasteiger partial charge in [0.15, 0.2) is 0 Å². The van der Waals surface area contributed by atoms with E-state index in [-0.39, 0.29) is 11.3 Å². The number of hydrogen-bond donors (Lipinski definition) is 2. The van der Waals surface area contributed by atoms with Crippen molar-refractivity contribution in [3.8, 4) is 0 Å². The van der Waals surface area contributed by atoms with Gasteiger partial charge in [-0.05, 0) is 66.5 Å². The molecule has 0 saturated carbocycles. The third-order valence-corrected chi connectivity index (χ3v) is 7.41. The Labute approximate surface area is 194 Å². The van der Waals surface area contributed by atoms with E-state index in [2.05, 4.69) is 9.97 Å². The molecule has 2 aromatic carbocycles. The highest BCUT2D eigenvalue weighted by Gasteiger charge is 2.48. The molecule has 164 valence electrons. The van der Waals surface area contributed by atoms with Crippen LogP contribution in [-0.4, -0.2) is 26.8 Å². The molecule has 1 unspecified atom stereocenters. The van der Waals surface area contributed by atoms with Crippen molar-refractivity contribution < 1.29 is 14.7 Å². The maximum Gasteiger partial charge on any atom is 0.302 e. The summed E-state index contributed by atoms with van der Waals surface area (Å²) in [5.74, 6) is -1.25. The Bertz CT molecular complexity index is 1400. The minimum Gasteiger partial charge on any atom is -0.507 e. The van der Waals surface area contributed by atoms with Gasteiger partial charge < -0.3 is 10.1 Å². The zero-order valence-corrected chi connectivity index (χ0v) is 18.6. The predicted molar refractivity (Wildman–Crippen MR) is 128 cm³/mol. The van der Waals surface area contributed by atoms with Crippen LogP contribution in [-0.2, 0) is 22.4 Å². The highest BCUT2D eigenvalue weighted by Crippen LogP contribution is 2.43. The topological polar surface area (TPSA) is 86.3 Å². The van der Waals surface area contributed by atoms with Crippen LogP contribution >= 0.6 is 11.3 Å². The number of rotatable bonds is 3. The summed E-state index contributed by atoms with van der Waals surface area (Å²) in [4.78, 5) is 36.4. The van der Waals surface area contributed by atoms with E-state index in [0.717, 1.165) is 29.7 Å². The fraction of sp³-hybridized carbons (Fsp3) is 0.192. The van der Waals surface area contributed by atoms with Crippen molar-refractivity contribution in [3.05, 3.63) is 87.1 Å². The summed E-state index contributed by atoms with van der Waals surface area (Å²) >= 11 is 1.44. The third-order valence-electron chi connectivity index (χ3n) is 6.48. The molecule has 1 fully saturated rings. The molecule has 6 nitrogen and oxygen atoms in total. The van der Waals surface area contributed by atoms with E-state index in [1.165, 1.54) is 33.8 Å². The van der Waals surface area contributed by atoms with E-state index >= 15 is 0 Å². The number of Topliss-reactive ketones (excluding diaryl/α,β-unsaturated/α-hetero) is 1.